The zero-order valence-corrected chi connectivity index (χ0v) is 14.8. The van der Waals surface area contributed by atoms with Gasteiger partial charge in [-0.2, -0.15) is 8.42 Å². The van der Waals surface area contributed by atoms with Crippen LogP contribution in [0.5, 0.6) is 5.75 Å². The predicted octanol–water partition coefficient (Wildman–Crippen LogP) is 3.83. The largest absolute Gasteiger partial charge is 0.379 e. The van der Waals surface area contributed by atoms with E-state index in [-0.39, 0.29) is 16.6 Å². The zero-order valence-electron chi connectivity index (χ0n) is 13.9. The van der Waals surface area contributed by atoms with Crippen molar-refractivity contribution in [2.75, 3.05) is 5.32 Å². The van der Waals surface area contributed by atoms with Crippen molar-refractivity contribution in [3.63, 3.8) is 0 Å². The summed E-state index contributed by atoms with van der Waals surface area (Å²) in [5.41, 5.74) is 0.0569. The number of carbonyl (C=O) groups is 1. The lowest BCUT2D eigenvalue weighted by atomic mass is 9.89. The average molecular weight is 347 g/mol. The Hall–Kier alpha value is -2.34. The van der Waals surface area contributed by atoms with Crippen LogP contribution in [0.4, 0.5) is 5.69 Å². The summed E-state index contributed by atoms with van der Waals surface area (Å²) >= 11 is 0. The lowest BCUT2D eigenvalue weighted by Gasteiger charge is -2.21. The Balaban J connectivity index is 2.13. The maximum Gasteiger partial charge on any atom is 0.339 e. The number of rotatable bonds is 6. The molecule has 0 bridgehead atoms. The summed E-state index contributed by atoms with van der Waals surface area (Å²) in [6.07, 6.45) is 0.705. The molecule has 0 atom stereocenters. The molecule has 24 heavy (non-hydrogen) atoms. The van der Waals surface area contributed by atoms with E-state index in [0.717, 1.165) is 0 Å². The molecule has 0 saturated heterocycles. The van der Waals surface area contributed by atoms with Gasteiger partial charge in [0, 0.05) is 11.1 Å². The second-order valence-electron chi connectivity index (χ2n) is 6.07. The van der Waals surface area contributed by atoms with Gasteiger partial charge >= 0.3 is 10.1 Å². The fourth-order valence-corrected chi connectivity index (χ4v) is 2.75. The molecule has 0 heterocycles. The van der Waals surface area contributed by atoms with Crippen molar-refractivity contribution in [3.05, 3.63) is 54.6 Å². The summed E-state index contributed by atoms with van der Waals surface area (Å²) in [7, 11) is -3.90. The topological polar surface area (TPSA) is 72.5 Å². The van der Waals surface area contributed by atoms with Gasteiger partial charge in [0.25, 0.3) is 0 Å². The van der Waals surface area contributed by atoms with Crippen LogP contribution in [0.3, 0.4) is 0 Å². The minimum atomic E-state index is -3.90. The molecule has 0 radical (unpaired) electrons. The highest BCUT2D eigenvalue weighted by molar-refractivity contribution is 7.87. The van der Waals surface area contributed by atoms with Gasteiger partial charge in [-0.05, 0) is 42.8 Å². The van der Waals surface area contributed by atoms with Crippen molar-refractivity contribution in [1.29, 1.82) is 0 Å². The first kappa shape index (κ1) is 18.0. The number of benzene rings is 2. The monoisotopic (exact) mass is 347 g/mol. The van der Waals surface area contributed by atoms with Crippen molar-refractivity contribution >= 4 is 21.7 Å². The number of nitrogens with one attached hydrogen (secondary N) is 1. The highest BCUT2D eigenvalue weighted by Crippen LogP contribution is 2.24. The molecule has 0 unspecified atom stereocenters. The molecular formula is C18H21NO4S. The van der Waals surface area contributed by atoms with Gasteiger partial charge in [0.1, 0.15) is 10.6 Å². The molecule has 2 aromatic rings. The van der Waals surface area contributed by atoms with Gasteiger partial charge in [-0.25, -0.2) is 0 Å². The molecule has 0 fully saturated rings. The molecule has 5 nitrogen and oxygen atoms in total. The SMILES string of the molecule is CCC(C)(C)C(=O)Nc1ccc(S(=O)(=O)Oc2ccccc2)cc1. The minimum Gasteiger partial charge on any atom is -0.379 e. The van der Waals surface area contributed by atoms with E-state index in [2.05, 4.69) is 5.32 Å². The lowest BCUT2D eigenvalue weighted by molar-refractivity contribution is -0.124. The smallest absolute Gasteiger partial charge is 0.339 e. The Morgan fingerprint density at radius 3 is 2.17 bits per heavy atom. The van der Waals surface area contributed by atoms with Gasteiger partial charge < -0.3 is 9.50 Å². The summed E-state index contributed by atoms with van der Waals surface area (Å²) in [6.45, 7) is 5.65. The minimum absolute atomic E-state index is 0.0269. The number of amides is 1. The molecule has 1 amide bonds. The fourth-order valence-electron chi connectivity index (χ4n) is 1.82. The second kappa shape index (κ2) is 7.05. The van der Waals surface area contributed by atoms with Crippen LogP contribution in [0.25, 0.3) is 0 Å². The third-order valence-electron chi connectivity index (χ3n) is 3.85. The van der Waals surface area contributed by atoms with Crippen LogP contribution in [0.2, 0.25) is 0 Å². The second-order valence-corrected chi connectivity index (χ2v) is 7.61. The van der Waals surface area contributed by atoms with Gasteiger partial charge in [-0.15, -0.1) is 0 Å². The first-order chi connectivity index (χ1) is 11.2. The molecule has 128 valence electrons. The predicted molar refractivity (Wildman–Crippen MR) is 93.4 cm³/mol. The zero-order chi connectivity index (χ0) is 17.8. The highest BCUT2D eigenvalue weighted by Gasteiger charge is 2.25. The summed E-state index contributed by atoms with van der Waals surface area (Å²) < 4.78 is 29.5. The molecule has 1 N–H and O–H groups in total. The molecule has 2 aromatic carbocycles. The van der Waals surface area contributed by atoms with Crippen molar-refractivity contribution in [2.24, 2.45) is 5.41 Å². The van der Waals surface area contributed by atoms with Crippen LogP contribution in [-0.4, -0.2) is 14.3 Å². The summed E-state index contributed by atoms with van der Waals surface area (Å²) in [4.78, 5) is 12.2. The quantitative estimate of drug-likeness (QED) is 0.806. The Bertz CT molecular complexity index is 797. The van der Waals surface area contributed by atoms with Gasteiger partial charge in [-0.3, -0.25) is 4.79 Å². The summed E-state index contributed by atoms with van der Waals surface area (Å²) in [5.74, 6) is 0.140. The third kappa shape index (κ3) is 4.35. The normalized spacial score (nSPS) is 11.8. The molecule has 0 spiro atoms. The number of hydrogen-bond donors (Lipinski definition) is 1. The number of carbonyl (C=O) groups excluding carboxylic acids is 1. The maximum absolute atomic E-state index is 12.2. The van der Waals surface area contributed by atoms with Crippen LogP contribution in [0.15, 0.2) is 59.5 Å². The molecular weight excluding hydrogens is 326 g/mol. The third-order valence-corrected chi connectivity index (χ3v) is 5.11. The van der Waals surface area contributed by atoms with Crippen LogP contribution in [0.1, 0.15) is 27.2 Å². The molecule has 0 aromatic heterocycles. The number of hydrogen-bond acceptors (Lipinski definition) is 4. The molecule has 6 heteroatoms. The van der Waals surface area contributed by atoms with Gasteiger partial charge in [0.05, 0.1) is 0 Å². The van der Waals surface area contributed by atoms with Crippen LogP contribution < -0.4 is 9.50 Å². The molecule has 0 aliphatic rings. The first-order valence-corrected chi connectivity index (χ1v) is 9.06. The van der Waals surface area contributed by atoms with Crippen molar-refractivity contribution < 1.29 is 17.4 Å². The van der Waals surface area contributed by atoms with E-state index in [1.807, 2.05) is 20.8 Å². The Kier molecular flexibility index (Phi) is 5.29. The molecule has 2 rings (SSSR count). The standard InChI is InChI=1S/C18H21NO4S/c1-4-18(2,3)17(20)19-14-10-12-16(13-11-14)24(21,22)23-15-8-6-5-7-9-15/h5-13H,4H2,1-3H3,(H,19,20). The van der Waals surface area contributed by atoms with Crippen molar-refractivity contribution in [3.8, 4) is 5.75 Å². The number of anilines is 1. The maximum atomic E-state index is 12.2. The Labute approximate surface area is 142 Å². The molecule has 0 aliphatic heterocycles. The van der Waals surface area contributed by atoms with Gasteiger partial charge in [-0.1, -0.05) is 39.0 Å². The summed E-state index contributed by atoms with van der Waals surface area (Å²) in [6, 6.07) is 14.2. The van der Waals surface area contributed by atoms with Gasteiger partial charge in [0.2, 0.25) is 5.91 Å². The highest BCUT2D eigenvalue weighted by atomic mass is 32.2. The van der Waals surface area contributed by atoms with E-state index in [0.29, 0.717) is 12.1 Å². The lowest BCUT2D eigenvalue weighted by Crippen LogP contribution is -2.29. The fraction of sp³-hybridized carbons (Fsp3) is 0.278. The van der Waals surface area contributed by atoms with Crippen LogP contribution >= 0.6 is 0 Å². The molecule has 0 saturated carbocycles. The van der Waals surface area contributed by atoms with E-state index >= 15 is 0 Å². The van der Waals surface area contributed by atoms with Crippen LogP contribution in [0, 0.1) is 5.41 Å². The van der Waals surface area contributed by atoms with Crippen LogP contribution in [-0.2, 0) is 14.9 Å². The van der Waals surface area contributed by atoms with E-state index in [1.165, 1.54) is 12.1 Å². The van der Waals surface area contributed by atoms with Crippen molar-refractivity contribution in [1.82, 2.24) is 0 Å². The molecule has 0 aliphatic carbocycles. The van der Waals surface area contributed by atoms with Gasteiger partial charge in [0.15, 0.2) is 0 Å². The Morgan fingerprint density at radius 1 is 1.04 bits per heavy atom. The Morgan fingerprint density at radius 2 is 1.62 bits per heavy atom. The number of para-hydroxylation sites is 1. The summed E-state index contributed by atoms with van der Waals surface area (Å²) in [5, 5.41) is 2.79. The van der Waals surface area contributed by atoms with E-state index < -0.39 is 15.5 Å². The average Bonchev–Trinajstić information content (AvgIpc) is 2.56. The van der Waals surface area contributed by atoms with E-state index in [1.54, 1.807) is 42.5 Å². The van der Waals surface area contributed by atoms with E-state index in [9.17, 15) is 13.2 Å². The van der Waals surface area contributed by atoms with Crippen molar-refractivity contribution in [2.45, 2.75) is 32.1 Å². The van der Waals surface area contributed by atoms with E-state index in [4.69, 9.17) is 4.18 Å². The first-order valence-electron chi connectivity index (χ1n) is 7.66.